The Morgan fingerprint density at radius 1 is 1.03 bits per heavy atom. The molecule has 2 aromatic heterocycles. The average Bonchev–Trinajstić information content (AvgIpc) is 3.19. The van der Waals surface area contributed by atoms with E-state index in [1.54, 1.807) is 12.3 Å². The van der Waals surface area contributed by atoms with E-state index in [4.69, 9.17) is 0 Å². The molecule has 1 amide bonds. The Morgan fingerprint density at radius 3 is 2.37 bits per heavy atom. The van der Waals surface area contributed by atoms with Gasteiger partial charge in [-0.15, -0.1) is 10.2 Å². The van der Waals surface area contributed by atoms with E-state index in [1.165, 1.54) is 23.1 Å². The molecule has 1 aromatic carbocycles. The monoisotopic (exact) mass is 416 g/mol. The van der Waals surface area contributed by atoms with Gasteiger partial charge in [0.25, 0.3) is 5.91 Å². The molecule has 0 spiro atoms. The van der Waals surface area contributed by atoms with E-state index in [9.17, 15) is 18.0 Å². The van der Waals surface area contributed by atoms with E-state index in [2.05, 4.69) is 20.2 Å². The zero-order valence-corrected chi connectivity index (χ0v) is 16.1. The molecule has 0 radical (unpaired) electrons. The molecule has 156 valence electrons. The Bertz CT molecular complexity index is 1040. The van der Waals surface area contributed by atoms with Gasteiger partial charge in [-0.2, -0.15) is 13.2 Å². The first-order valence-corrected chi connectivity index (χ1v) is 9.39. The first-order chi connectivity index (χ1) is 14.3. The molecule has 1 fully saturated rings. The molecule has 0 bridgehead atoms. The molecule has 10 heteroatoms. The fourth-order valence-electron chi connectivity index (χ4n) is 3.39. The van der Waals surface area contributed by atoms with Crippen molar-refractivity contribution >= 4 is 11.7 Å². The highest BCUT2D eigenvalue weighted by Crippen LogP contribution is 2.32. The highest BCUT2D eigenvalue weighted by atomic mass is 19.4. The smallest absolute Gasteiger partial charge is 0.352 e. The van der Waals surface area contributed by atoms with Crippen LogP contribution in [0.2, 0.25) is 0 Å². The van der Waals surface area contributed by atoms with Gasteiger partial charge in [0.05, 0.1) is 11.1 Å². The van der Waals surface area contributed by atoms with Crippen LogP contribution in [0.4, 0.5) is 19.0 Å². The average molecular weight is 416 g/mol. The normalized spacial score (nSPS) is 14.8. The summed E-state index contributed by atoms with van der Waals surface area (Å²) < 4.78 is 39.6. The number of alkyl halides is 3. The lowest BCUT2D eigenvalue weighted by atomic mass is 10.1. The first-order valence-electron chi connectivity index (χ1n) is 9.39. The van der Waals surface area contributed by atoms with Crippen molar-refractivity contribution in [3.8, 4) is 11.5 Å². The third kappa shape index (κ3) is 3.98. The quantitative estimate of drug-likeness (QED) is 0.710. The van der Waals surface area contributed by atoms with Crippen LogP contribution in [0, 0.1) is 6.92 Å². The molecule has 3 aromatic rings. The van der Waals surface area contributed by atoms with Crippen LogP contribution >= 0.6 is 0 Å². The van der Waals surface area contributed by atoms with Crippen molar-refractivity contribution in [1.29, 1.82) is 0 Å². The van der Waals surface area contributed by atoms with Crippen molar-refractivity contribution in [2.45, 2.75) is 13.1 Å². The summed E-state index contributed by atoms with van der Waals surface area (Å²) in [5.74, 6) is 0.660. The molecule has 0 aliphatic carbocycles. The summed E-state index contributed by atoms with van der Waals surface area (Å²) in [5.41, 5.74) is 0.302. The van der Waals surface area contributed by atoms with Crippen LogP contribution in [0.25, 0.3) is 11.5 Å². The van der Waals surface area contributed by atoms with Crippen LogP contribution in [0.1, 0.15) is 21.6 Å². The van der Waals surface area contributed by atoms with Crippen molar-refractivity contribution in [3.63, 3.8) is 0 Å². The number of piperazine rings is 1. The molecule has 1 N–H and O–H groups in total. The molecule has 0 atom stereocenters. The second-order valence-electron chi connectivity index (χ2n) is 7.01. The lowest BCUT2D eigenvalue weighted by Crippen LogP contribution is -2.49. The minimum atomic E-state index is -4.57. The Balaban J connectivity index is 1.42. The Kier molecular flexibility index (Phi) is 5.15. The van der Waals surface area contributed by atoms with Crippen molar-refractivity contribution in [2.24, 2.45) is 0 Å². The zero-order valence-electron chi connectivity index (χ0n) is 16.1. The van der Waals surface area contributed by atoms with E-state index < -0.39 is 17.6 Å². The van der Waals surface area contributed by atoms with Gasteiger partial charge in [-0.05, 0) is 31.2 Å². The molecule has 1 aliphatic rings. The number of aryl methyl sites for hydroxylation is 1. The maximum absolute atomic E-state index is 13.2. The van der Waals surface area contributed by atoms with Crippen LogP contribution in [0.3, 0.4) is 0 Å². The second-order valence-corrected chi connectivity index (χ2v) is 7.01. The van der Waals surface area contributed by atoms with E-state index in [-0.39, 0.29) is 5.56 Å². The summed E-state index contributed by atoms with van der Waals surface area (Å²) in [4.78, 5) is 23.4. The number of H-pyrrole nitrogens is 1. The first kappa shape index (κ1) is 19.9. The van der Waals surface area contributed by atoms with Crippen molar-refractivity contribution in [3.05, 3.63) is 59.4 Å². The number of carbonyl (C=O) groups excluding carboxylic acids is 1. The topological polar surface area (TPSA) is 78.0 Å². The molecular weight excluding hydrogens is 397 g/mol. The van der Waals surface area contributed by atoms with Crippen LogP contribution < -0.4 is 4.90 Å². The molecule has 3 heterocycles. The van der Waals surface area contributed by atoms with Gasteiger partial charge in [-0.3, -0.25) is 4.79 Å². The zero-order chi connectivity index (χ0) is 21.3. The molecule has 4 rings (SSSR count). The minimum absolute atomic E-state index is 0.297. The van der Waals surface area contributed by atoms with Crippen LogP contribution in [-0.4, -0.2) is 57.2 Å². The van der Waals surface area contributed by atoms with Crippen LogP contribution in [0.15, 0.2) is 42.6 Å². The van der Waals surface area contributed by atoms with Gasteiger partial charge in [0.1, 0.15) is 5.69 Å². The number of nitrogens with one attached hydrogen (secondary N) is 1. The third-order valence-electron chi connectivity index (χ3n) is 4.95. The number of carbonyl (C=O) groups is 1. The largest absolute Gasteiger partial charge is 0.417 e. The highest BCUT2D eigenvalue weighted by molar-refractivity contribution is 5.96. The number of halogens is 3. The minimum Gasteiger partial charge on any atom is -0.352 e. The SMILES string of the molecule is Cc1cnc(-c2ccc(N3CCN(C(=O)c4ccccc4C(F)(F)F)CC3)nn2)[nH]1. The molecule has 0 saturated carbocycles. The van der Waals surface area contributed by atoms with E-state index in [1.807, 2.05) is 17.9 Å². The van der Waals surface area contributed by atoms with Crippen molar-refractivity contribution < 1.29 is 18.0 Å². The summed E-state index contributed by atoms with van der Waals surface area (Å²) in [6.07, 6.45) is -2.87. The van der Waals surface area contributed by atoms with Gasteiger partial charge in [0, 0.05) is 38.1 Å². The summed E-state index contributed by atoms with van der Waals surface area (Å²) in [6.45, 7) is 3.39. The molecule has 30 heavy (non-hydrogen) atoms. The lowest BCUT2D eigenvalue weighted by molar-refractivity contribution is -0.138. The summed E-state index contributed by atoms with van der Waals surface area (Å²) in [5, 5.41) is 8.41. The number of amides is 1. The number of aromatic amines is 1. The van der Waals surface area contributed by atoms with Gasteiger partial charge in [-0.1, -0.05) is 12.1 Å². The Hall–Kier alpha value is -3.43. The number of rotatable bonds is 3. The fourth-order valence-corrected chi connectivity index (χ4v) is 3.39. The molecular formula is C20H19F3N6O. The third-order valence-corrected chi connectivity index (χ3v) is 4.95. The van der Waals surface area contributed by atoms with Crippen LogP contribution in [-0.2, 0) is 6.18 Å². The number of hydrogen-bond acceptors (Lipinski definition) is 5. The van der Waals surface area contributed by atoms with Gasteiger partial charge in [-0.25, -0.2) is 4.98 Å². The predicted molar refractivity (Wildman–Crippen MR) is 104 cm³/mol. The molecule has 1 aliphatic heterocycles. The van der Waals surface area contributed by atoms with E-state index >= 15 is 0 Å². The maximum Gasteiger partial charge on any atom is 0.417 e. The Labute approximate surface area is 170 Å². The standard InChI is InChI=1S/C20H19F3N6O/c1-13-12-24-18(25-13)16-6-7-17(27-26-16)28-8-10-29(11-9-28)19(30)14-4-2-3-5-15(14)20(21,22)23/h2-7,12H,8-11H2,1H3,(H,24,25). The van der Waals surface area contributed by atoms with Crippen LogP contribution in [0.5, 0.6) is 0 Å². The van der Waals surface area contributed by atoms with Gasteiger partial charge < -0.3 is 14.8 Å². The van der Waals surface area contributed by atoms with E-state index in [0.717, 1.165) is 11.8 Å². The number of hydrogen-bond donors (Lipinski definition) is 1. The van der Waals surface area contributed by atoms with E-state index in [0.29, 0.717) is 43.5 Å². The fraction of sp³-hybridized carbons (Fsp3) is 0.300. The number of benzene rings is 1. The molecule has 1 saturated heterocycles. The Morgan fingerprint density at radius 2 is 1.77 bits per heavy atom. The second kappa shape index (κ2) is 7.77. The molecule has 7 nitrogen and oxygen atoms in total. The van der Waals surface area contributed by atoms with Gasteiger partial charge in [0.2, 0.25) is 0 Å². The number of anilines is 1. The number of aromatic nitrogens is 4. The van der Waals surface area contributed by atoms with Crippen molar-refractivity contribution in [2.75, 3.05) is 31.1 Å². The predicted octanol–water partition coefficient (Wildman–Crippen LogP) is 3.16. The van der Waals surface area contributed by atoms with Gasteiger partial charge in [0.15, 0.2) is 11.6 Å². The highest BCUT2D eigenvalue weighted by Gasteiger charge is 2.36. The number of imidazole rings is 1. The summed E-state index contributed by atoms with van der Waals surface area (Å²) >= 11 is 0. The summed E-state index contributed by atoms with van der Waals surface area (Å²) in [6, 6.07) is 8.49. The lowest BCUT2D eigenvalue weighted by Gasteiger charge is -2.35. The van der Waals surface area contributed by atoms with Gasteiger partial charge >= 0.3 is 6.18 Å². The van der Waals surface area contributed by atoms with Crippen molar-refractivity contribution in [1.82, 2.24) is 25.1 Å². The summed E-state index contributed by atoms with van der Waals surface area (Å²) in [7, 11) is 0. The number of nitrogens with zero attached hydrogens (tertiary/aromatic N) is 5. The molecule has 0 unspecified atom stereocenters. The maximum atomic E-state index is 13.2.